The summed E-state index contributed by atoms with van der Waals surface area (Å²) < 4.78 is 0. The van der Waals surface area contributed by atoms with Crippen LogP contribution in [0.5, 0.6) is 0 Å². The number of Topliss-reactive ketones (excluding diaryl/α,β-unsaturated/α-hetero) is 1. The van der Waals surface area contributed by atoms with Crippen LogP contribution in [-0.4, -0.2) is 19.4 Å². The minimum atomic E-state index is 0.183. The lowest BCUT2D eigenvalue weighted by atomic mass is 9.97. The zero-order valence-electron chi connectivity index (χ0n) is 6.91. The van der Waals surface area contributed by atoms with Crippen LogP contribution in [0.25, 0.3) is 0 Å². The maximum atomic E-state index is 10.6. The van der Waals surface area contributed by atoms with Gasteiger partial charge in [0.25, 0.3) is 0 Å². The Morgan fingerprint density at radius 2 is 2.33 bits per heavy atom. The van der Waals surface area contributed by atoms with E-state index in [2.05, 4.69) is 0 Å². The Morgan fingerprint density at radius 3 is 2.92 bits per heavy atom. The van der Waals surface area contributed by atoms with Gasteiger partial charge < -0.3 is 0 Å². The molecule has 2 radical (unpaired) electrons. The monoisotopic (exact) mass is 176 g/mol. The summed E-state index contributed by atoms with van der Waals surface area (Å²) in [6, 6.07) is 7.53. The van der Waals surface area contributed by atoms with Gasteiger partial charge in [-0.3, -0.25) is 4.79 Å². The van der Waals surface area contributed by atoms with E-state index in [4.69, 9.17) is 7.85 Å². The molecule has 0 fully saturated rings. The fraction of sp³-hybridized carbons (Fsp3) is 0.222. The van der Waals surface area contributed by atoms with Crippen LogP contribution in [0.3, 0.4) is 0 Å². The molecule has 0 aromatic heterocycles. The lowest BCUT2D eigenvalue weighted by Gasteiger charge is -1.99. The Morgan fingerprint density at radius 1 is 1.58 bits per heavy atom. The van der Waals surface area contributed by atoms with E-state index < -0.39 is 0 Å². The first-order chi connectivity index (χ1) is 5.68. The Balaban J connectivity index is 2.57. The average Bonchev–Trinajstić information content (AvgIpc) is 2.01. The largest absolute Gasteiger partial charge is 0.299 e. The molecule has 0 bridgehead atoms. The number of hydrogen-bond acceptors (Lipinski definition) is 2. The maximum Gasteiger partial charge on any atom is 0.140 e. The predicted octanol–water partition coefficient (Wildman–Crippen LogP) is 1.16. The molecule has 1 rings (SSSR count). The van der Waals surface area contributed by atoms with Crippen molar-refractivity contribution in [3.8, 4) is 0 Å². The number of thioether (sulfide) groups is 1. The first-order valence-corrected chi connectivity index (χ1v) is 4.65. The molecule has 0 spiro atoms. The van der Waals surface area contributed by atoms with E-state index in [0.29, 0.717) is 5.75 Å². The first kappa shape index (κ1) is 9.39. The molecule has 0 saturated heterocycles. The molecule has 0 aliphatic heterocycles. The summed E-state index contributed by atoms with van der Waals surface area (Å²) in [5.41, 5.74) is 0.739. The van der Waals surface area contributed by atoms with Gasteiger partial charge in [0.15, 0.2) is 0 Å². The highest BCUT2D eigenvalue weighted by Gasteiger charge is 1.96. The smallest absolute Gasteiger partial charge is 0.140 e. The van der Waals surface area contributed by atoms with E-state index in [-0.39, 0.29) is 5.78 Å². The molecule has 0 heterocycles. The van der Waals surface area contributed by atoms with Crippen molar-refractivity contribution in [1.82, 2.24) is 0 Å². The van der Waals surface area contributed by atoms with Crippen molar-refractivity contribution in [1.29, 1.82) is 0 Å². The van der Waals surface area contributed by atoms with Crippen molar-refractivity contribution in [2.24, 2.45) is 0 Å². The third-order valence-corrected chi connectivity index (χ3v) is 2.44. The van der Waals surface area contributed by atoms with E-state index in [1.807, 2.05) is 24.3 Å². The Kier molecular flexibility index (Phi) is 3.41. The van der Waals surface area contributed by atoms with Crippen molar-refractivity contribution in [2.45, 2.75) is 11.8 Å². The van der Waals surface area contributed by atoms with Gasteiger partial charge in [0.05, 0.1) is 5.75 Å². The standard InChI is InChI=1S/C9H9BOS/c1-7(11)6-12-9-4-2-3-8(10)5-9/h2-5H,6H2,1H3. The van der Waals surface area contributed by atoms with Crippen LogP contribution in [0, 0.1) is 0 Å². The summed E-state index contributed by atoms with van der Waals surface area (Å²) in [6.45, 7) is 1.58. The highest BCUT2D eigenvalue weighted by Crippen LogP contribution is 2.15. The van der Waals surface area contributed by atoms with Crippen LogP contribution in [0.2, 0.25) is 0 Å². The molecular formula is C9H9BOS. The van der Waals surface area contributed by atoms with Gasteiger partial charge in [-0.1, -0.05) is 23.7 Å². The van der Waals surface area contributed by atoms with Gasteiger partial charge in [-0.2, -0.15) is 0 Å². The highest BCUT2D eigenvalue weighted by atomic mass is 32.2. The molecule has 3 heteroatoms. The summed E-state index contributed by atoms with van der Waals surface area (Å²) in [6.07, 6.45) is 0. The van der Waals surface area contributed by atoms with E-state index in [1.165, 1.54) is 11.8 Å². The second-order valence-corrected chi connectivity index (χ2v) is 3.61. The normalized spacial score (nSPS) is 9.75. The molecular weight excluding hydrogens is 167 g/mol. The minimum absolute atomic E-state index is 0.183. The van der Waals surface area contributed by atoms with E-state index in [0.717, 1.165) is 10.4 Å². The topological polar surface area (TPSA) is 17.1 Å². The Hall–Kier alpha value is -0.695. The zero-order valence-corrected chi connectivity index (χ0v) is 7.73. The van der Waals surface area contributed by atoms with Crippen molar-refractivity contribution < 1.29 is 4.79 Å². The molecule has 0 unspecified atom stereocenters. The van der Waals surface area contributed by atoms with Crippen LogP contribution in [-0.2, 0) is 4.79 Å². The van der Waals surface area contributed by atoms with Gasteiger partial charge in [0, 0.05) is 4.90 Å². The van der Waals surface area contributed by atoms with Crippen molar-refractivity contribution >= 4 is 30.9 Å². The number of benzene rings is 1. The number of carbonyl (C=O) groups is 1. The third kappa shape index (κ3) is 3.14. The molecule has 0 aliphatic rings. The van der Waals surface area contributed by atoms with E-state index in [1.54, 1.807) is 6.92 Å². The summed E-state index contributed by atoms with van der Waals surface area (Å²) in [7, 11) is 5.57. The molecule has 0 saturated carbocycles. The Labute approximate surface area is 78.0 Å². The molecule has 12 heavy (non-hydrogen) atoms. The van der Waals surface area contributed by atoms with Crippen molar-refractivity contribution in [3.63, 3.8) is 0 Å². The fourth-order valence-corrected chi connectivity index (χ4v) is 1.55. The molecule has 0 atom stereocenters. The van der Waals surface area contributed by atoms with Gasteiger partial charge in [-0.05, 0) is 13.0 Å². The number of rotatable bonds is 3. The molecule has 0 amide bonds. The fourth-order valence-electron chi connectivity index (χ4n) is 0.789. The number of carbonyl (C=O) groups excluding carboxylic acids is 1. The van der Waals surface area contributed by atoms with Crippen LogP contribution < -0.4 is 5.46 Å². The maximum absolute atomic E-state index is 10.6. The Bertz CT molecular complexity index is 286. The van der Waals surface area contributed by atoms with Gasteiger partial charge in [-0.15, -0.1) is 11.8 Å². The SMILES string of the molecule is [B]c1cccc(SCC(C)=O)c1. The molecule has 0 N–H and O–H groups in total. The summed E-state index contributed by atoms with van der Waals surface area (Å²) in [5, 5.41) is 0. The molecule has 0 aliphatic carbocycles. The first-order valence-electron chi connectivity index (χ1n) is 3.66. The van der Waals surface area contributed by atoms with Crippen LogP contribution in [0.4, 0.5) is 0 Å². The van der Waals surface area contributed by atoms with E-state index in [9.17, 15) is 4.79 Å². The summed E-state index contributed by atoms with van der Waals surface area (Å²) in [5.74, 6) is 0.700. The molecule has 1 nitrogen and oxygen atoms in total. The minimum Gasteiger partial charge on any atom is -0.299 e. The number of ketones is 1. The second-order valence-electron chi connectivity index (χ2n) is 2.56. The predicted molar refractivity (Wildman–Crippen MR) is 53.2 cm³/mol. The zero-order chi connectivity index (χ0) is 8.97. The van der Waals surface area contributed by atoms with Crippen molar-refractivity contribution in [3.05, 3.63) is 24.3 Å². The lowest BCUT2D eigenvalue weighted by molar-refractivity contribution is -0.114. The van der Waals surface area contributed by atoms with Crippen molar-refractivity contribution in [2.75, 3.05) is 5.75 Å². The lowest BCUT2D eigenvalue weighted by Crippen LogP contribution is -2.01. The number of hydrogen-bond donors (Lipinski definition) is 0. The molecule has 60 valence electrons. The molecule has 1 aromatic carbocycles. The van der Waals surface area contributed by atoms with Crippen LogP contribution >= 0.6 is 11.8 Å². The second kappa shape index (κ2) is 4.36. The van der Waals surface area contributed by atoms with Crippen LogP contribution in [0.15, 0.2) is 29.2 Å². The quantitative estimate of drug-likeness (QED) is 0.507. The van der Waals surface area contributed by atoms with Gasteiger partial charge in [0.2, 0.25) is 0 Å². The van der Waals surface area contributed by atoms with Crippen LogP contribution in [0.1, 0.15) is 6.92 Å². The van der Waals surface area contributed by atoms with Gasteiger partial charge >= 0.3 is 0 Å². The average molecular weight is 176 g/mol. The van der Waals surface area contributed by atoms with E-state index >= 15 is 0 Å². The van der Waals surface area contributed by atoms with Gasteiger partial charge in [0.1, 0.15) is 13.6 Å². The third-order valence-electron chi connectivity index (χ3n) is 1.30. The van der Waals surface area contributed by atoms with Gasteiger partial charge in [-0.25, -0.2) is 0 Å². The highest BCUT2D eigenvalue weighted by molar-refractivity contribution is 8.00. The summed E-state index contributed by atoms with van der Waals surface area (Å²) >= 11 is 1.51. The summed E-state index contributed by atoms with van der Waals surface area (Å²) in [4.78, 5) is 11.7. The molecule has 1 aromatic rings.